The van der Waals surface area contributed by atoms with Gasteiger partial charge in [0.15, 0.2) is 0 Å². The molecule has 1 heterocycles. The highest BCUT2D eigenvalue weighted by molar-refractivity contribution is 5.69. The third-order valence-corrected chi connectivity index (χ3v) is 4.10. The molecule has 1 aliphatic carbocycles. The fourth-order valence-electron chi connectivity index (χ4n) is 2.90. The molecule has 0 amide bonds. The summed E-state index contributed by atoms with van der Waals surface area (Å²) >= 11 is 0. The molecular weight excluding hydrogens is 264 g/mol. The fraction of sp³-hybridized carbons (Fsp3) is 0.706. The lowest BCUT2D eigenvalue weighted by atomic mass is 9.89. The predicted octanol–water partition coefficient (Wildman–Crippen LogP) is 3.80. The number of nitrogens with zero attached hydrogens (tertiary/aromatic N) is 2. The molecule has 21 heavy (non-hydrogen) atoms. The van der Waals surface area contributed by atoms with Crippen LogP contribution >= 0.6 is 0 Å². The van der Waals surface area contributed by atoms with E-state index >= 15 is 0 Å². The van der Waals surface area contributed by atoms with Crippen molar-refractivity contribution in [2.45, 2.75) is 70.6 Å². The number of hydrogen-bond acceptors (Lipinski definition) is 4. The van der Waals surface area contributed by atoms with Crippen molar-refractivity contribution in [3.8, 4) is 0 Å². The lowest BCUT2D eigenvalue weighted by molar-refractivity contribution is -0.143. The quantitative estimate of drug-likeness (QED) is 0.566. The van der Waals surface area contributed by atoms with Gasteiger partial charge in [0.25, 0.3) is 0 Å². The summed E-state index contributed by atoms with van der Waals surface area (Å²) in [6.07, 6.45) is 13.6. The summed E-state index contributed by atoms with van der Waals surface area (Å²) in [6, 6.07) is 0. The second-order valence-corrected chi connectivity index (χ2v) is 5.80. The molecule has 4 heteroatoms. The lowest BCUT2D eigenvalue weighted by Gasteiger charge is -2.19. The van der Waals surface area contributed by atoms with E-state index in [1.807, 2.05) is 19.3 Å². The summed E-state index contributed by atoms with van der Waals surface area (Å²) in [6.45, 7) is 2.30. The Morgan fingerprint density at radius 1 is 1.19 bits per heavy atom. The van der Waals surface area contributed by atoms with Crippen LogP contribution in [0, 0.1) is 0 Å². The van der Waals surface area contributed by atoms with Gasteiger partial charge >= 0.3 is 5.97 Å². The molecule has 0 bridgehead atoms. The van der Waals surface area contributed by atoms with Gasteiger partial charge in [0.05, 0.1) is 6.61 Å². The third kappa shape index (κ3) is 5.44. The molecule has 0 radical (unpaired) electrons. The first-order valence-electron chi connectivity index (χ1n) is 8.26. The van der Waals surface area contributed by atoms with Gasteiger partial charge in [0.2, 0.25) is 0 Å². The maximum atomic E-state index is 11.2. The van der Waals surface area contributed by atoms with Gasteiger partial charge < -0.3 is 4.74 Å². The van der Waals surface area contributed by atoms with Crippen molar-refractivity contribution in [2.75, 3.05) is 6.61 Å². The average Bonchev–Trinajstić information content (AvgIpc) is 2.53. The van der Waals surface area contributed by atoms with E-state index in [9.17, 15) is 4.79 Å². The number of unbranched alkanes of at least 4 members (excludes halogenated alkanes) is 1. The topological polar surface area (TPSA) is 52.1 Å². The molecule has 1 aliphatic rings. The minimum absolute atomic E-state index is 0.0959. The molecule has 116 valence electrons. The van der Waals surface area contributed by atoms with Gasteiger partial charge in [-0.3, -0.25) is 4.79 Å². The minimum atomic E-state index is -0.0959. The SMILES string of the molecule is CCOC(=O)CCCCc1cnc(C2CCCCC2)nc1. The number of rotatable bonds is 7. The van der Waals surface area contributed by atoms with E-state index in [2.05, 4.69) is 9.97 Å². The molecule has 4 nitrogen and oxygen atoms in total. The molecule has 1 aromatic heterocycles. The summed E-state index contributed by atoms with van der Waals surface area (Å²) in [5.74, 6) is 1.49. The Hall–Kier alpha value is -1.45. The molecule has 0 saturated heterocycles. The molecule has 0 aliphatic heterocycles. The van der Waals surface area contributed by atoms with Crippen LogP contribution in [0.15, 0.2) is 12.4 Å². The molecule has 0 unspecified atom stereocenters. The van der Waals surface area contributed by atoms with Crippen molar-refractivity contribution in [3.63, 3.8) is 0 Å². The summed E-state index contributed by atoms with van der Waals surface area (Å²) in [5.41, 5.74) is 1.17. The first kappa shape index (κ1) is 15.9. The molecular formula is C17H26N2O2. The second-order valence-electron chi connectivity index (χ2n) is 5.80. The monoisotopic (exact) mass is 290 g/mol. The van der Waals surface area contributed by atoms with E-state index in [0.29, 0.717) is 18.9 Å². The van der Waals surface area contributed by atoms with Gasteiger partial charge in [-0.05, 0) is 44.6 Å². The van der Waals surface area contributed by atoms with E-state index in [1.165, 1.54) is 37.7 Å². The molecule has 0 aromatic carbocycles. The largest absolute Gasteiger partial charge is 0.466 e. The van der Waals surface area contributed by atoms with Crippen LogP contribution in [0.4, 0.5) is 0 Å². The van der Waals surface area contributed by atoms with Crippen LogP contribution in [0.3, 0.4) is 0 Å². The Morgan fingerprint density at radius 2 is 1.90 bits per heavy atom. The van der Waals surface area contributed by atoms with Crippen LogP contribution in [0.1, 0.15) is 75.6 Å². The minimum Gasteiger partial charge on any atom is -0.466 e. The summed E-state index contributed by atoms with van der Waals surface area (Å²) in [7, 11) is 0. The first-order chi connectivity index (χ1) is 10.3. The Bertz CT molecular complexity index is 425. The number of esters is 1. The zero-order valence-electron chi connectivity index (χ0n) is 13.0. The van der Waals surface area contributed by atoms with E-state index < -0.39 is 0 Å². The van der Waals surface area contributed by atoms with Crippen LogP contribution in [-0.4, -0.2) is 22.5 Å². The number of hydrogen-bond donors (Lipinski definition) is 0. The second kappa shape index (κ2) is 8.75. The maximum Gasteiger partial charge on any atom is 0.305 e. The highest BCUT2D eigenvalue weighted by Crippen LogP contribution is 2.30. The van der Waals surface area contributed by atoms with E-state index in [4.69, 9.17) is 4.74 Å². The molecule has 0 atom stereocenters. The van der Waals surface area contributed by atoms with E-state index in [1.54, 1.807) is 0 Å². The van der Waals surface area contributed by atoms with Gasteiger partial charge in [-0.15, -0.1) is 0 Å². The Morgan fingerprint density at radius 3 is 2.57 bits per heavy atom. The molecule has 0 N–H and O–H groups in total. The zero-order valence-corrected chi connectivity index (χ0v) is 13.0. The number of aromatic nitrogens is 2. The summed E-state index contributed by atoms with van der Waals surface area (Å²) < 4.78 is 4.91. The van der Waals surface area contributed by atoms with Crippen LogP contribution in [-0.2, 0) is 16.0 Å². The van der Waals surface area contributed by atoms with Gasteiger partial charge in [-0.1, -0.05) is 19.3 Å². The zero-order chi connectivity index (χ0) is 14.9. The lowest BCUT2D eigenvalue weighted by Crippen LogP contribution is -2.09. The molecule has 2 rings (SSSR count). The fourth-order valence-corrected chi connectivity index (χ4v) is 2.90. The van der Waals surface area contributed by atoms with Gasteiger partial charge in [-0.25, -0.2) is 9.97 Å². The standard InChI is InChI=1S/C17H26N2O2/c1-2-21-16(20)11-7-6-8-14-12-18-17(19-13-14)15-9-4-3-5-10-15/h12-13,15H,2-11H2,1H3. The van der Waals surface area contributed by atoms with Crippen molar-refractivity contribution in [1.29, 1.82) is 0 Å². The van der Waals surface area contributed by atoms with Crippen LogP contribution in [0.5, 0.6) is 0 Å². The molecule has 1 saturated carbocycles. The normalized spacial score (nSPS) is 15.9. The van der Waals surface area contributed by atoms with Crippen molar-refractivity contribution >= 4 is 5.97 Å². The van der Waals surface area contributed by atoms with Gasteiger partial charge in [-0.2, -0.15) is 0 Å². The summed E-state index contributed by atoms with van der Waals surface area (Å²) in [5, 5.41) is 0. The first-order valence-corrected chi connectivity index (χ1v) is 8.26. The molecule has 0 spiro atoms. The van der Waals surface area contributed by atoms with Crippen LogP contribution in [0.2, 0.25) is 0 Å². The van der Waals surface area contributed by atoms with E-state index in [-0.39, 0.29) is 5.97 Å². The summed E-state index contributed by atoms with van der Waals surface area (Å²) in [4.78, 5) is 20.3. The Labute approximate surface area is 127 Å². The van der Waals surface area contributed by atoms with Crippen LogP contribution < -0.4 is 0 Å². The smallest absolute Gasteiger partial charge is 0.305 e. The third-order valence-electron chi connectivity index (χ3n) is 4.10. The highest BCUT2D eigenvalue weighted by Gasteiger charge is 2.17. The van der Waals surface area contributed by atoms with E-state index in [0.717, 1.165) is 25.1 Å². The number of ether oxygens (including phenoxy) is 1. The molecule has 1 fully saturated rings. The average molecular weight is 290 g/mol. The molecule has 1 aromatic rings. The van der Waals surface area contributed by atoms with Gasteiger partial charge in [0, 0.05) is 24.7 Å². The Kier molecular flexibility index (Phi) is 6.64. The van der Waals surface area contributed by atoms with Crippen molar-refractivity contribution in [2.24, 2.45) is 0 Å². The van der Waals surface area contributed by atoms with Crippen LogP contribution in [0.25, 0.3) is 0 Å². The maximum absolute atomic E-state index is 11.2. The number of carbonyl (C=O) groups excluding carboxylic acids is 1. The predicted molar refractivity (Wildman–Crippen MR) is 82.0 cm³/mol. The van der Waals surface area contributed by atoms with Crippen molar-refractivity contribution in [3.05, 3.63) is 23.8 Å². The number of carbonyl (C=O) groups is 1. The number of aryl methyl sites for hydroxylation is 1. The van der Waals surface area contributed by atoms with Crippen molar-refractivity contribution < 1.29 is 9.53 Å². The van der Waals surface area contributed by atoms with Crippen molar-refractivity contribution in [1.82, 2.24) is 9.97 Å². The van der Waals surface area contributed by atoms with Gasteiger partial charge in [0.1, 0.15) is 5.82 Å². The highest BCUT2D eigenvalue weighted by atomic mass is 16.5. The Balaban J connectivity index is 1.71.